The van der Waals surface area contributed by atoms with Crippen molar-refractivity contribution in [3.8, 4) is 5.75 Å². The molecule has 1 amide bonds. The van der Waals surface area contributed by atoms with Crippen LogP contribution in [-0.2, 0) is 6.61 Å². The monoisotopic (exact) mass is 356 g/mol. The lowest BCUT2D eigenvalue weighted by atomic mass is 10.2. The number of amides is 1. The molecule has 0 spiro atoms. The first kappa shape index (κ1) is 17.0. The second-order valence-electron chi connectivity index (χ2n) is 5.58. The number of benzene rings is 2. The Balaban J connectivity index is 1.69. The van der Waals surface area contributed by atoms with E-state index in [0.29, 0.717) is 28.6 Å². The number of ether oxygens (including phenoxy) is 1. The first-order chi connectivity index (χ1) is 12.0. The summed E-state index contributed by atoms with van der Waals surface area (Å²) in [4.78, 5) is 12.4. The molecule has 0 aliphatic rings. The summed E-state index contributed by atoms with van der Waals surface area (Å²) in [5.41, 5.74) is 2.84. The summed E-state index contributed by atoms with van der Waals surface area (Å²) in [6.45, 7) is 4.04. The fraction of sp³-hybridized carbons (Fsp3) is 0.158. The van der Waals surface area contributed by atoms with Crippen LogP contribution in [-0.4, -0.2) is 11.1 Å². The minimum atomic E-state index is -0.231. The van der Waals surface area contributed by atoms with Crippen molar-refractivity contribution in [1.29, 1.82) is 0 Å². The van der Waals surface area contributed by atoms with Gasteiger partial charge in [0.2, 0.25) is 0 Å². The van der Waals surface area contributed by atoms with Gasteiger partial charge in [-0.2, -0.15) is 0 Å². The van der Waals surface area contributed by atoms with Crippen molar-refractivity contribution in [2.45, 2.75) is 20.5 Å². The molecule has 25 heavy (non-hydrogen) atoms. The predicted molar refractivity (Wildman–Crippen MR) is 96.2 cm³/mol. The van der Waals surface area contributed by atoms with Gasteiger partial charge in [-0.05, 0) is 50.2 Å². The average molecular weight is 357 g/mol. The summed E-state index contributed by atoms with van der Waals surface area (Å²) in [6.07, 6.45) is 0. The average Bonchev–Trinajstić information content (AvgIpc) is 2.91. The van der Waals surface area contributed by atoms with Crippen molar-refractivity contribution in [1.82, 2.24) is 5.16 Å². The summed E-state index contributed by atoms with van der Waals surface area (Å²) in [5.74, 6) is 1.09. The maximum absolute atomic E-state index is 12.4. The van der Waals surface area contributed by atoms with E-state index in [1.807, 2.05) is 13.8 Å². The van der Waals surface area contributed by atoms with Gasteiger partial charge in [-0.1, -0.05) is 28.9 Å². The molecular formula is C19H17ClN2O3. The van der Waals surface area contributed by atoms with E-state index in [-0.39, 0.29) is 5.91 Å². The van der Waals surface area contributed by atoms with E-state index in [0.717, 1.165) is 17.0 Å². The molecule has 1 aromatic heterocycles. The fourth-order valence-electron chi connectivity index (χ4n) is 2.36. The lowest BCUT2D eigenvalue weighted by molar-refractivity contribution is 0.102. The van der Waals surface area contributed by atoms with Gasteiger partial charge in [0, 0.05) is 16.3 Å². The molecule has 3 aromatic rings. The van der Waals surface area contributed by atoms with Crippen LogP contribution >= 0.6 is 11.6 Å². The Morgan fingerprint density at radius 3 is 2.72 bits per heavy atom. The van der Waals surface area contributed by atoms with E-state index >= 15 is 0 Å². The summed E-state index contributed by atoms with van der Waals surface area (Å²) in [5, 5.41) is 7.27. The van der Waals surface area contributed by atoms with E-state index in [9.17, 15) is 4.79 Å². The Morgan fingerprint density at radius 2 is 2.00 bits per heavy atom. The molecule has 6 heteroatoms. The van der Waals surface area contributed by atoms with Crippen molar-refractivity contribution < 1.29 is 14.1 Å². The predicted octanol–water partition coefficient (Wildman–Crippen LogP) is 4.78. The molecule has 0 bridgehead atoms. The normalized spacial score (nSPS) is 10.5. The van der Waals surface area contributed by atoms with E-state index in [1.54, 1.807) is 48.5 Å². The molecule has 2 aromatic carbocycles. The summed E-state index contributed by atoms with van der Waals surface area (Å²) in [7, 11) is 0. The van der Waals surface area contributed by atoms with Crippen LogP contribution in [0, 0.1) is 13.8 Å². The zero-order valence-electron chi connectivity index (χ0n) is 13.9. The number of nitrogens with zero attached hydrogens (tertiary/aromatic N) is 1. The zero-order valence-corrected chi connectivity index (χ0v) is 14.6. The number of hydrogen-bond donors (Lipinski definition) is 1. The summed E-state index contributed by atoms with van der Waals surface area (Å²) in [6, 6.07) is 14.0. The number of anilines is 1. The van der Waals surface area contributed by atoms with Crippen molar-refractivity contribution >= 4 is 23.2 Å². The SMILES string of the molecule is Cc1noc(C)c1COc1cccc(C(=O)Nc2cccc(Cl)c2)c1. The molecular weight excluding hydrogens is 340 g/mol. The van der Waals surface area contributed by atoms with Crippen LogP contribution in [0.25, 0.3) is 0 Å². The highest BCUT2D eigenvalue weighted by atomic mass is 35.5. The van der Waals surface area contributed by atoms with E-state index in [1.165, 1.54) is 0 Å². The number of nitrogens with one attached hydrogen (secondary N) is 1. The van der Waals surface area contributed by atoms with E-state index in [4.69, 9.17) is 20.9 Å². The minimum absolute atomic E-state index is 0.231. The molecule has 0 fully saturated rings. The minimum Gasteiger partial charge on any atom is -0.489 e. The number of carbonyl (C=O) groups is 1. The van der Waals surface area contributed by atoms with Crippen LogP contribution in [0.4, 0.5) is 5.69 Å². The fourth-order valence-corrected chi connectivity index (χ4v) is 2.55. The lowest BCUT2D eigenvalue weighted by Gasteiger charge is -2.09. The highest BCUT2D eigenvalue weighted by Gasteiger charge is 2.11. The third-order valence-corrected chi connectivity index (χ3v) is 3.98. The summed E-state index contributed by atoms with van der Waals surface area (Å²) < 4.78 is 10.9. The number of rotatable bonds is 5. The quantitative estimate of drug-likeness (QED) is 0.714. The number of aromatic nitrogens is 1. The number of carbonyl (C=O) groups excluding carboxylic acids is 1. The first-order valence-corrected chi connectivity index (χ1v) is 8.12. The van der Waals surface area contributed by atoms with Crippen LogP contribution in [0.2, 0.25) is 5.02 Å². The number of aryl methyl sites for hydroxylation is 2. The largest absolute Gasteiger partial charge is 0.489 e. The Bertz CT molecular complexity index is 886. The molecule has 128 valence electrons. The molecule has 0 saturated heterocycles. The van der Waals surface area contributed by atoms with Gasteiger partial charge in [0.1, 0.15) is 18.1 Å². The molecule has 1 heterocycles. The van der Waals surface area contributed by atoms with Gasteiger partial charge in [-0.3, -0.25) is 4.79 Å². The number of halogens is 1. The smallest absolute Gasteiger partial charge is 0.255 e. The lowest BCUT2D eigenvalue weighted by Crippen LogP contribution is -2.12. The molecule has 5 nitrogen and oxygen atoms in total. The second-order valence-corrected chi connectivity index (χ2v) is 6.02. The molecule has 0 aliphatic heterocycles. The molecule has 0 radical (unpaired) electrons. The van der Waals surface area contributed by atoms with Gasteiger partial charge in [0.05, 0.1) is 11.3 Å². The van der Waals surface area contributed by atoms with Gasteiger partial charge >= 0.3 is 0 Å². The van der Waals surface area contributed by atoms with Gasteiger partial charge in [0.25, 0.3) is 5.91 Å². The molecule has 0 unspecified atom stereocenters. The van der Waals surface area contributed by atoms with E-state index in [2.05, 4.69) is 10.5 Å². The van der Waals surface area contributed by atoms with E-state index < -0.39 is 0 Å². The topological polar surface area (TPSA) is 64.4 Å². The zero-order chi connectivity index (χ0) is 17.8. The van der Waals surface area contributed by atoms with Crippen molar-refractivity contribution in [3.63, 3.8) is 0 Å². The highest BCUT2D eigenvalue weighted by Crippen LogP contribution is 2.20. The van der Waals surface area contributed by atoms with Crippen LogP contribution < -0.4 is 10.1 Å². The maximum atomic E-state index is 12.4. The van der Waals surface area contributed by atoms with Gasteiger partial charge < -0.3 is 14.6 Å². The van der Waals surface area contributed by atoms with Gasteiger partial charge in [-0.15, -0.1) is 0 Å². The third kappa shape index (κ3) is 4.19. The van der Waals surface area contributed by atoms with Crippen molar-refractivity contribution in [2.75, 3.05) is 5.32 Å². The van der Waals surface area contributed by atoms with Gasteiger partial charge in [-0.25, -0.2) is 0 Å². The number of hydrogen-bond acceptors (Lipinski definition) is 4. The Labute approximate surface area is 150 Å². The summed E-state index contributed by atoms with van der Waals surface area (Å²) >= 11 is 5.93. The van der Waals surface area contributed by atoms with Crippen LogP contribution in [0.5, 0.6) is 5.75 Å². The Kier molecular flexibility index (Phi) is 5.05. The molecule has 0 atom stereocenters. The third-order valence-electron chi connectivity index (χ3n) is 3.74. The first-order valence-electron chi connectivity index (χ1n) is 7.74. The van der Waals surface area contributed by atoms with Crippen LogP contribution in [0.15, 0.2) is 53.1 Å². The molecule has 0 saturated carbocycles. The Morgan fingerprint density at radius 1 is 1.20 bits per heavy atom. The van der Waals surface area contributed by atoms with Crippen LogP contribution in [0.3, 0.4) is 0 Å². The Hall–Kier alpha value is -2.79. The second kappa shape index (κ2) is 7.40. The van der Waals surface area contributed by atoms with Crippen molar-refractivity contribution in [3.05, 3.63) is 76.1 Å². The molecule has 0 aliphatic carbocycles. The van der Waals surface area contributed by atoms with Gasteiger partial charge in [0.15, 0.2) is 0 Å². The highest BCUT2D eigenvalue weighted by molar-refractivity contribution is 6.30. The molecule has 3 rings (SSSR count). The van der Waals surface area contributed by atoms with Crippen molar-refractivity contribution in [2.24, 2.45) is 0 Å². The maximum Gasteiger partial charge on any atom is 0.255 e. The standard InChI is InChI=1S/C19H17ClN2O3/c1-12-18(13(2)25-22-12)11-24-17-8-3-5-14(9-17)19(23)21-16-7-4-6-15(20)10-16/h3-10H,11H2,1-2H3,(H,21,23). The molecule has 1 N–H and O–H groups in total. The van der Waals surface area contributed by atoms with Crippen LogP contribution in [0.1, 0.15) is 27.4 Å².